The third-order valence-corrected chi connectivity index (χ3v) is 3.46. The molecule has 3 heteroatoms. The standard InChI is InChI=1S/C9H14O3/c10-9(11-5-6-12-9)8(3-4-8)7-1-2-7/h7,10H,1-6H2. The van der Waals surface area contributed by atoms with Gasteiger partial charge in [0, 0.05) is 0 Å². The van der Waals surface area contributed by atoms with Crippen molar-refractivity contribution >= 4 is 0 Å². The number of aliphatic hydroxyl groups is 1. The molecule has 2 aliphatic carbocycles. The molecule has 0 aromatic carbocycles. The fourth-order valence-electron chi connectivity index (χ4n) is 2.44. The van der Waals surface area contributed by atoms with Crippen molar-refractivity contribution in [2.24, 2.45) is 11.3 Å². The first-order valence-corrected chi connectivity index (χ1v) is 4.77. The van der Waals surface area contributed by atoms with Gasteiger partial charge in [-0.3, -0.25) is 0 Å². The van der Waals surface area contributed by atoms with E-state index in [0.29, 0.717) is 19.1 Å². The van der Waals surface area contributed by atoms with Crippen LogP contribution in [0.15, 0.2) is 0 Å². The van der Waals surface area contributed by atoms with Crippen molar-refractivity contribution in [2.75, 3.05) is 13.2 Å². The largest absolute Gasteiger partial charge is 0.343 e. The Morgan fingerprint density at radius 2 is 1.67 bits per heavy atom. The zero-order valence-electron chi connectivity index (χ0n) is 7.08. The molecule has 1 N–H and O–H groups in total. The van der Waals surface area contributed by atoms with Crippen LogP contribution in [-0.4, -0.2) is 24.3 Å². The van der Waals surface area contributed by atoms with Crippen molar-refractivity contribution in [3.8, 4) is 0 Å². The Hall–Kier alpha value is -0.120. The van der Waals surface area contributed by atoms with Crippen LogP contribution >= 0.6 is 0 Å². The molecule has 0 bridgehead atoms. The molecular weight excluding hydrogens is 156 g/mol. The molecule has 0 atom stereocenters. The third kappa shape index (κ3) is 0.767. The summed E-state index contributed by atoms with van der Waals surface area (Å²) < 4.78 is 10.6. The predicted molar refractivity (Wildman–Crippen MR) is 41.2 cm³/mol. The molecule has 1 heterocycles. The summed E-state index contributed by atoms with van der Waals surface area (Å²) in [7, 11) is 0. The molecule has 3 nitrogen and oxygen atoms in total. The number of hydrogen-bond acceptors (Lipinski definition) is 3. The van der Waals surface area contributed by atoms with E-state index in [1.807, 2.05) is 0 Å². The molecule has 0 aromatic heterocycles. The normalized spacial score (nSPS) is 36.8. The Balaban J connectivity index is 1.85. The van der Waals surface area contributed by atoms with Gasteiger partial charge in [0.15, 0.2) is 0 Å². The molecular formula is C9H14O3. The van der Waals surface area contributed by atoms with Crippen LogP contribution in [0.2, 0.25) is 0 Å². The Morgan fingerprint density at radius 1 is 1.08 bits per heavy atom. The quantitative estimate of drug-likeness (QED) is 0.668. The van der Waals surface area contributed by atoms with Crippen LogP contribution in [0.3, 0.4) is 0 Å². The molecule has 0 aromatic rings. The maximum atomic E-state index is 10.0. The van der Waals surface area contributed by atoms with Gasteiger partial charge in [-0.25, -0.2) is 0 Å². The minimum atomic E-state index is -1.21. The van der Waals surface area contributed by atoms with E-state index in [2.05, 4.69) is 0 Å². The molecule has 1 aliphatic heterocycles. The van der Waals surface area contributed by atoms with Crippen LogP contribution in [0, 0.1) is 11.3 Å². The Labute approximate surface area is 71.7 Å². The summed E-state index contributed by atoms with van der Waals surface area (Å²) in [5.74, 6) is -0.547. The first-order chi connectivity index (χ1) is 5.77. The lowest BCUT2D eigenvalue weighted by Crippen LogP contribution is -2.42. The maximum absolute atomic E-state index is 10.0. The van der Waals surface area contributed by atoms with E-state index in [1.165, 1.54) is 12.8 Å². The maximum Gasteiger partial charge on any atom is 0.286 e. The zero-order valence-corrected chi connectivity index (χ0v) is 7.08. The van der Waals surface area contributed by atoms with E-state index >= 15 is 0 Å². The summed E-state index contributed by atoms with van der Waals surface area (Å²) in [5.41, 5.74) is -0.0104. The van der Waals surface area contributed by atoms with Gasteiger partial charge in [-0.05, 0) is 31.6 Å². The van der Waals surface area contributed by atoms with Crippen LogP contribution in [0.1, 0.15) is 25.7 Å². The van der Waals surface area contributed by atoms with Crippen LogP contribution in [0.5, 0.6) is 0 Å². The van der Waals surface area contributed by atoms with Crippen molar-refractivity contribution < 1.29 is 14.6 Å². The van der Waals surface area contributed by atoms with E-state index in [9.17, 15) is 5.11 Å². The molecule has 0 spiro atoms. The van der Waals surface area contributed by atoms with Gasteiger partial charge < -0.3 is 14.6 Å². The zero-order chi connectivity index (χ0) is 8.23. The number of hydrogen-bond donors (Lipinski definition) is 1. The summed E-state index contributed by atoms with van der Waals surface area (Å²) in [6.45, 7) is 1.09. The van der Waals surface area contributed by atoms with Gasteiger partial charge in [-0.1, -0.05) is 0 Å². The highest BCUT2D eigenvalue weighted by molar-refractivity contribution is 5.09. The SMILES string of the molecule is OC1(C2(C3CC3)CC2)OCCO1. The second-order valence-electron chi connectivity index (χ2n) is 4.21. The molecule has 0 unspecified atom stereocenters. The van der Waals surface area contributed by atoms with Crippen LogP contribution in [0.25, 0.3) is 0 Å². The van der Waals surface area contributed by atoms with E-state index in [-0.39, 0.29) is 5.41 Å². The smallest absolute Gasteiger partial charge is 0.286 e. The van der Waals surface area contributed by atoms with Gasteiger partial charge in [0.1, 0.15) is 0 Å². The van der Waals surface area contributed by atoms with Crippen molar-refractivity contribution in [1.29, 1.82) is 0 Å². The molecule has 2 saturated carbocycles. The highest BCUT2D eigenvalue weighted by Gasteiger charge is 2.69. The lowest BCUT2D eigenvalue weighted by molar-refractivity contribution is -0.348. The minimum absolute atomic E-state index is 0.0104. The van der Waals surface area contributed by atoms with Gasteiger partial charge in [0.05, 0.1) is 18.6 Å². The highest BCUT2D eigenvalue weighted by Crippen LogP contribution is 2.67. The lowest BCUT2D eigenvalue weighted by atomic mass is 9.97. The lowest BCUT2D eigenvalue weighted by Gasteiger charge is -2.30. The van der Waals surface area contributed by atoms with Crippen molar-refractivity contribution in [3.63, 3.8) is 0 Å². The van der Waals surface area contributed by atoms with Crippen molar-refractivity contribution in [3.05, 3.63) is 0 Å². The summed E-state index contributed by atoms with van der Waals surface area (Å²) in [6.07, 6.45) is 4.65. The van der Waals surface area contributed by atoms with Crippen molar-refractivity contribution in [1.82, 2.24) is 0 Å². The molecule has 0 radical (unpaired) electrons. The van der Waals surface area contributed by atoms with Gasteiger partial charge in [-0.2, -0.15) is 0 Å². The van der Waals surface area contributed by atoms with Gasteiger partial charge >= 0.3 is 0 Å². The van der Waals surface area contributed by atoms with E-state index in [4.69, 9.17) is 9.47 Å². The number of ether oxygens (including phenoxy) is 2. The fraction of sp³-hybridized carbons (Fsp3) is 1.00. The predicted octanol–water partition coefficient (Wildman–Crippen LogP) is 0.869. The molecule has 3 aliphatic rings. The second kappa shape index (κ2) is 2.03. The monoisotopic (exact) mass is 170 g/mol. The third-order valence-electron chi connectivity index (χ3n) is 3.46. The molecule has 3 rings (SSSR count). The molecule has 0 amide bonds. The highest BCUT2D eigenvalue weighted by atomic mass is 16.8. The molecule has 3 fully saturated rings. The Morgan fingerprint density at radius 3 is 2.08 bits per heavy atom. The van der Waals surface area contributed by atoms with Crippen LogP contribution in [-0.2, 0) is 9.47 Å². The Kier molecular flexibility index (Phi) is 1.23. The summed E-state index contributed by atoms with van der Waals surface area (Å²) in [6, 6.07) is 0. The fourth-order valence-corrected chi connectivity index (χ4v) is 2.44. The Bertz CT molecular complexity index is 200. The second-order valence-corrected chi connectivity index (χ2v) is 4.21. The van der Waals surface area contributed by atoms with Gasteiger partial charge in [0.2, 0.25) is 0 Å². The van der Waals surface area contributed by atoms with Gasteiger partial charge in [0.25, 0.3) is 5.97 Å². The summed E-state index contributed by atoms with van der Waals surface area (Å²) in [5, 5.41) is 10.0. The van der Waals surface area contributed by atoms with E-state index in [0.717, 1.165) is 12.8 Å². The summed E-state index contributed by atoms with van der Waals surface area (Å²) >= 11 is 0. The van der Waals surface area contributed by atoms with E-state index in [1.54, 1.807) is 0 Å². The average Bonchev–Trinajstić information content (AvgIpc) is 2.91. The molecule has 1 saturated heterocycles. The first kappa shape index (κ1) is 7.30. The minimum Gasteiger partial charge on any atom is -0.343 e. The van der Waals surface area contributed by atoms with Gasteiger partial charge in [-0.15, -0.1) is 0 Å². The first-order valence-electron chi connectivity index (χ1n) is 4.77. The van der Waals surface area contributed by atoms with Crippen LogP contribution < -0.4 is 0 Å². The van der Waals surface area contributed by atoms with Crippen molar-refractivity contribution in [2.45, 2.75) is 31.7 Å². The van der Waals surface area contributed by atoms with Crippen LogP contribution in [0.4, 0.5) is 0 Å². The molecule has 68 valence electrons. The molecule has 12 heavy (non-hydrogen) atoms. The summed E-state index contributed by atoms with van der Waals surface area (Å²) in [4.78, 5) is 0. The topological polar surface area (TPSA) is 38.7 Å². The number of rotatable bonds is 2. The van der Waals surface area contributed by atoms with E-state index < -0.39 is 5.97 Å². The average molecular weight is 170 g/mol.